The molecule has 0 aliphatic rings. The average Bonchev–Trinajstić information content (AvgIpc) is 0.722. The van der Waals surface area contributed by atoms with Crippen LogP contribution in [-0.4, -0.2) is 0 Å². The molecule has 0 nitrogen and oxygen atoms in total. The van der Waals surface area contributed by atoms with Crippen molar-refractivity contribution in [3.63, 3.8) is 0 Å². The zero-order valence-corrected chi connectivity index (χ0v) is 7.63. The minimum atomic E-state index is -1.71. The largest absolute Gasteiger partial charge is 0.158 e. The molecule has 0 rings (SSSR count). The maximum atomic E-state index is 5.29. The van der Waals surface area contributed by atoms with Crippen molar-refractivity contribution in [1.29, 1.82) is 0 Å². The van der Waals surface area contributed by atoms with Gasteiger partial charge in [-0.15, -0.1) is 0 Å². The van der Waals surface area contributed by atoms with Gasteiger partial charge in [0.15, 0.2) is 2.80 Å². The summed E-state index contributed by atoms with van der Waals surface area (Å²) in [5.41, 5.74) is 0. The Morgan fingerprint density at radius 2 is 1.60 bits per heavy atom. The van der Waals surface area contributed by atoms with Gasteiger partial charge in [-0.2, -0.15) is 0 Å². The summed E-state index contributed by atoms with van der Waals surface area (Å²) in [7, 11) is 0. The van der Waals surface area contributed by atoms with Gasteiger partial charge in [0.1, 0.15) is 0 Å². The minimum absolute atomic E-state index is 1.71. The van der Waals surface area contributed by atoms with E-state index < -0.39 is 2.80 Å². The van der Waals surface area contributed by atoms with Crippen molar-refractivity contribution < 1.29 is 0 Å². The molecule has 0 aliphatic heterocycles. The van der Waals surface area contributed by atoms with E-state index in [1.54, 1.807) is 0 Å². The molecule has 0 fully saturated rings. The normalized spacial score (nSPS) is 11.8. The van der Waals surface area contributed by atoms with Crippen molar-refractivity contribution in [2.24, 2.45) is 0 Å². The molecule has 0 aromatic rings. The molecule has 0 saturated heterocycles. The number of hydrogen-bond acceptors (Lipinski definition) is 1. The van der Waals surface area contributed by atoms with Gasteiger partial charge in [0.2, 0.25) is 0 Å². The molecule has 5 heavy (non-hydrogen) atoms. The second kappa shape index (κ2) is 2.27. The van der Waals surface area contributed by atoms with Crippen LogP contribution in [0.2, 0.25) is 0 Å². The molecule has 0 unspecified atom stereocenters. The molecule has 0 bridgehead atoms. The van der Waals surface area contributed by atoms with E-state index in [9.17, 15) is 0 Å². The Bertz CT molecular complexity index is 55.8. The van der Waals surface area contributed by atoms with E-state index in [0.29, 0.717) is 0 Å². The Hall–Kier alpha value is 1.90. The quantitative estimate of drug-likeness (QED) is 0.601. The van der Waals surface area contributed by atoms with Crippen molar-refractivity contribution >= 4 is 56.8 Å². The molecule has 0 atom stereocenters. The van der Waals surface area contributed by atoms with Crippen LogP contribution < -0.4 is 0 Å². The van der Waals surface area contributed by atoms with Crippen LogP contribution in [0.4, 0.5) is 0 Å². The van der Waals surface area contributed by atoms with Gasteiger partial charge in [0.25, 0.3) is 0 Å². The van der Waals surface area contributed by atoms with E-state index in [1.165, 1.54) is 0 Å². The van der Waals surface area contributed by atoms with Gasteiger partial charge < -0.3 is 0 Å². The molecule has 0 spiro atoms. The van der Waals surface area contributed by atoms with Gasteiger partial charge in [-0.3, -0.25) is 0 Å². The highest BCUT2D eigenvalue weighted by molar-refractivity contribution is 9.77. The lowest BCUT2D eigenvalue weighted by Crippen LogP contribution is -1.13. The van der Waals surface area contributed by atoms with Gasteiger partial charge in [0, 0.05) is 0 Å². The molecule has 32 valence electrons. The fraction of sp³-hybridized carbons (Fsp3) is 0. The first-order valence-corrected chi connectivity index (χ1v) is 8.43. The van der Waals surface area contributed by atoms with Gasteiger partial charge in [0.05, 0.1) is 0 Å². The van der Waals surface area contributed by atoms with E-state index in [1.807, 2.05) is 0 Å². The van der Waals surface area contributed by atoms with Crippen LogP contribution in [0.1, 0.15) is 0 Å². The van der Waals surface area contributed by atoms with Crippen LogP contribution >= 0.6 is 45.0 Å². The topological polar surface area (TPSA) is 0 Å². The van der Waals surface area contributed by atoms with Crippen molar-refractivity contribution in [3.8, 4) is 0 Å². The molecule has 0 saturated carbocycles. The monoisotopic (exact) mass is 256 g/mol. The van der Waals surface area contributed by atoms with Crippen molar-refractivity contribution in [3.05, 3.63) is 0 Å². The third-order valence-electron chi connectivity index (χ3n) is 0. The number of hydrogen-bond donors (Lipinski definition) is 0. The molecule has 5 heteroatoms. The Balaban J connectivity index is 3.47. The van der Waals surface area contributed by atoms with Crippen LogP contribution in [0.15, 0.2) is 0 Å². The van der Waals surface area contributed by atoms with Crippen LogP contribution in [0.25, 0.3) is 0 Å². The van der Waals surface area contributed by atoms with E-state index >= 15 is 0 Å². The van der Waals surface area contributed by atoms with Gasteiger partial charge >= 0.3 is 0 Å². The molecule has 0 aliphatic carbocycles. The lowest BCUT2D eigenvalue weighted by molar-refractivity contribution is 5.01. The maximum Gasteiger partial charge on any atom is 0.158 e. The molecular weight excluding hydrogens is 258 g/mol. The van der Waals surface area contributed by atoms with Crippen LogP contribution in [0, 0.1) is 0 Å². The first-order chi connectivity index (χ1) is 2.00. The second-order valence-electron chi connectivity index (χ2n) is 0.399. The average molecular weight is 258 g/mol. The Kier molecular flexibility index (Phi) is 3.13. The molecule has 0 aromatic heterocycles. The van der Waals surface area contributed by atoms with Crippen molar-refractivity contribution in [2.75, 3.05) is 0 Å². The molecule has 0 radical (unpaired) electrons. The predicted molar refractivity (Wildman–Crippen MR) is 38.0 cm³/mol. The molecule has 0 heterocycles. The second-order valence-corrected chi connectivity index (χ2v) is 19.5. The highest BCUT2D eigenvalue weighted by Crippen LogP contribution is 2.66. The molecule has 0 aromatic carbocycles. The van der Waals surface area contributed by atoms with Crippen LogP contribution in [0.5, 0.6) is 0 Å². The highest BCUT2D eigenvalue weighted by atomic mass is 79.9. The third-order valence-corrected chi connectivity index (χ3v) is 0. The summed E-state index contributed by atoms with van der Waals surface area (Å²) in [5.74, 6) is 0. The Labute approximate surface area is 56.5 Å². The summed E-state index contributed by atoms with van der Waals surface area (Å²) in [6, 6.07) is 0. The number of rotatable bonds is 0. The van der Waals surface area contributed by atoms with Gasteiger partial charge in [-0.1, -0.05) is 23.0 Å². The van der Waals surface area contributed by atoms with E-state index in [-0.39, 0.29) is 0 Å². The first-order valence-electron chi connectivity index (χ1n) is 0.690. The minimum Gasteiger partial charge on any atom is -0.0611 e. The zero-order chi connectivity index (χ0) is 4.50. The van der Waals surface area contributed by atoms with Gasteiger partial charge in [-0.05, 0) is 31.0 Å². The van der Waals surface area contributed by atoms with E-state index in [2.05, 4.69) is 42.8 Å². The lowest BCUT2D eigenvalue weighted by Gasteiger charge is -1.81. The lowest BCUT2D eigenvalue weighted by atomic mass is 30.4. The van der Waals surface area contributed by atoms with Crippen molar-refractivity contribution in [1.82, 2.24) is 0 Å². The summed E-state index contributed by atoms with van der Waals surface area (Å²) in [4.78, 5) is 0. The summed E-state index contributed by atoms with van der Waals surface area (Å²) in [6.07, 6.45) is 0. The molecule has 0 amide bonds. The van der Waals surface area contributed by atoms with Crippen LogP contribution in [0.3, 0.4) is 0 Å². The smallest absolute Gasteiger partial charge is 0.0611 e. The van der Waals surface area contributed by atoms with Crippen LogP contribution in [-0.2, 0) is 11.8 Å². The fourth-order valence-corrected chi connectivity index (χ4v) is 0. The molecule has 0 N–H and O–H groups in total. The van der Waals surface area contributed by atoms with E-state index in [0.717, 1.165) is 0 Å². The zero-order valence-electron chi connectivity index (χ0n) is 1.99. The fourth-order valence-electron chi connectivity index (χ4n) is 0. The third kappa shape index (κ3) is 24.9. The summed E-state index contributed by atoms with van der Waals surface area (Å²) in [6.45, 7) is 0. The standard InChI is InChI=1S/Br2ClPS/c1-4(2,3)5. The molecular formula is Br2ClPS. The Morgan fingerprint density at radius 1 is 1.60 bits per heavy atom. The Morgan fingerprint density at radius 3 is 1.60 bits per heavy atom. The highest BCUT2D eigenvalue weighted by Gasteiger charge is 1.94. The maximum absolute atomic E-state index is 5.29. The summed E-state index contributed by atoms with van der Waals surface area (Å²) >= 11 is 15.8. The van der Waals surface area contributed by atoms with E-state index in [4.69, 9.17) is 11.2 Å². The van der Waals surface area contributed by atoms with Crippen molar-refractivity contribution in [2.45, 2.75) is 0 Å². The first kappa shape index (κ1) is 6.90. The SMILES string of the molecule is S=P(Cl)(Br)Br. The predicted octanol–water partition coefficient (Wildman–Crippen LogP) is 3.24. The summed E-state index contributed by atoms with van der Waals surface area (Å²) in [5, 5.41) is 0. The number of halogens is 3. The van der Waals surface area contributed by atoms with Gasteiger partial charge in [-0.25, -0.2) is 0 Å². The summed E-state index contributed by atoms with van der Waals surface area (Å²) < 4.78 is -1.71.